The van der Waals surface area contributed by atoms with Gasteiger partial charge in [-0.05, 0) is 24.6 Å². The summed E-state index contributed by atoms with van der Waals surface area (Å²) in [4.78, 5) is 10.8. The van der Waals surface area contributed by atoms with Crippen molar-refractivity contribution in [1.82, 2.24) is 0 Å². The van der Waals surface area contributed by atoms with E-state index in [9.17, 15) is 9.90 Å². The molecule has 6 heteroatoms. The van der Waals surface area contributed by atoms with Crippen LogP contribution in [0.25, 0.3) is 10.1 Å². The minimum atomic E-state index is -1.25. The first-order valence-corrected chi connectivity index (χ1v) is 5.39. The number of benzene rings is 1. The monoisotopic (exact) mass is 263 g/mol. The van der Waals surface area contributed by atoms with E-state index in [1.54, 1.807) is 12.1 Å². The summed E-state index contributed by atoms with van der Waals surface area (Å²) >= 11 is 6.96. The maximum absolute atomic E-state index is 10.8. The zero-order valence-electron chi connectivity index (χ0n) is 8.83. The number of anilines is 1. The Morgan fingerprint density at radius 3 is 2.69 bits per heavy atom. The molecule has 0 spiro atoms. The number of aromatic carboxylic acids is 1. The number of carboxylic acid groups (broad SMARTS) is 1. The van der Waals surface area contributed by atoms with E-state index in [4.69, 9.17) is 17.3 Å². The minimum Gasteiger partial charge on any atom is -0.544 e. The summed E-state index contributed by atoms with van der Waals surface area (Å²) in [6.45, 7) is 1.84. The Labute approximate surface area is 123 Å². The van der Waals surface area contributed by atoms with Gasteiger partial charge < -0.3 is 15.6 Å². The molecule has 0 fully saturated rings. The SMILES string of the molecule is Cc1cc(Cl)cc2sc(C(=O)[O-])c(N)c12.[Na+]. The number of rotatable bonds is 1. The number of fused-ring (bicyclic) bond motifs is 1. The Morgan fingerprint density at radius 2 is 2.12 bits per heavy atom. The summed E-state index contributed by atoms with van der Waals surface area (Å²) in [6, 6.07) is 3.46. The van der Waals surface area contributed by atoms with E-state index >= 15 is 0 Å². The van der Waals surface area contributed by atoms with Crippen LogP contribution in [0.4, 0.5) is 5.69 Å². The van der Waals surface area contributed by atoms with Crippen LogP contribution in [0, 0.1) is 6.92 Å². The number of hydrogen-bond acceptors (Lipinski definition) is 4. The molecule has 2 N–H and O–H groups in total. The molecule has 1 heterocycles. The average molecular weight is 264 g/mol. The van der Waals surface area contributed by atoms with E-state index < -0.39 is 5.97 Å². The van der Waals surface area contributed by atoms with Crippen LogP contribution in [-0.4, -0.2) is 5.97 Å². The molecule has 0 aliphatic carbocycles. The van der Waals surface area contributed by atoms with Gasteiger partial charge in [0.2, 0.25) is 0 Å². The normalized spacial score (nSPS) is 10.1. The van der Waals surface area contributed by atoms with Crippen molar-refractivity contribution in [3.63, 3.8) is 0 Å². The molecule has 0 saturated heterocycles. The molecular weight excluding hydrogens is 257 g/mol. The van der Waals surface area contributed by atoms with Crippen molar-refractivity contribution < 1.29 is 39.5 Å². The predicted octanol–water partition coefficient (Wildman–Crippen LogP) is -1.19. The summed E-state index contributed by atoms with van der Waals surface area (Å²) in [5.74, 6) is -1.25. The molecule has 1 aromatic carbocycles. The summed E-state index contributed by atoms with van der Waals surface area (Å²) in [5.41, 5.74) is 6.88. The van der Waals surface area contributed by atoms with Crippen LogP contribution in [-0.2, 0) is 0 Å². The average Bonchev–Trinajstić information content (AvgIpc) is 2.42. The van der Waals surface area contributed by atoms with Gasteiger partial charge in [0.05, 0.1) is 16.5 Å². The fourth-order valence-electron chi connectivity index (χ4n) is 1.57. The molecule has 0 aliphatic rings. The van der Waals surface area contributed by atoms with Crippen LogP contribution in [0.3, 0.4) is 0 Å². The number of hydrogen-bond donors (Lipinski definition) is 1. The van der Waals surface area contributed by atoms with Gasteiger partial charge in [0, 0.05) is 15.1 Å². The quantitative estimate of drug-likeness (QED) is 0.658. The first kappa shape index (κ1) is 13.8. The molecule has 1 aromatic heterocycles. The van der Waals surface area contributed by atoms with Gasteiger partial charge in [-0.3, -0.25) is 0 Å². The first-order valence-electron chi connectivity index (χ1n) is 4.20. The Morgan fingerprint density at radius 1 is 1.50 bits per heavy atom. The number of carbonyl (C=O) groups is 1. The number of halogens is 1. The fourth-order valence-corrected chi connectivity index (χ4v) is 2.98. The van der Waals surface area contributed by atoms with Crippen LogP contribution in [0.1, 0.15) is 15.2 Å². The van der Waals surface area contributed by atoms with E-state index in [2.05, 4.69) is 0 Å². The number of aryl methyl sites for hydroxylation is 1. The second-order valence-electron chi connectivity index (χ2n) is 3.23. The second-order valence-corrected chi connectivity index (χ2v) is 4.72. The van der Waals surface area contributed by atoms with E-state index in [0.29, 0.717) is 5.02 Å². The van der Waals surface area contributed by atoms with Gasteiger partial charge in [-0.1, -0.05) is 11.6 Å². The topological polar surface area (TPSA) is 66.1 Å². The summed E-state index contributed by atoms with van der Waals surface area (Å²) < 4.78 is 0.775. The number of thiophene rings is 1. The summed E-state index contributed by atoms with van der Waals surface area (Å²) in [6.07, 6.45) is 0. The zero-order valence-corrected chi connectivity index (χ0v) is 12.4. The van der Waals surface area contributed by atoms with Gasteiger partial charge in [-0.2, -0.15) is 0 Å². The van der Waals surface area contributed by atoms with Crippen LogP contribution < -0.4 is 40.4 Å². The molecule has 0 amide bonds. The van der Waals surface area contributed by atoms with E-state index in [-0.39, 0.29) is 40.1 Å². The standard InChI is InChI=1S/C10H8ClNO2S.Na/c1-4-2-5(11)3-6-7(4)8(12)9(15-6)10(13)14;/h2-3H,12H2,1H3,(H,13,14);/q;+1/p-1. The third-order valence-electron chi connectivity index (χ3n) is 2.18. The fraction of sp³-hybridized carbons (Fsp3) is 0.100. The van der Waals surface area contributed by atoms with Gasteiger partial charge in [-0.25, -0.2) is 0 Å². The van der Waals surface area contributed by atoms with Crippen LogP contribution in [0.2, 0.25) is 5.02 Å². The molecule has 0 atom stereocenters. The second kappa shape index (κ2) is 4.94. The molecule has 2 rings (SSSR count). The van der Waals surface area contributed by atoms with Crippen LogP contribution in [0.5, 0.6) is 0 Å². The maximum atomic E-state index is 10.8. The Hall–Kier alpha value is -0.260. The number of nitrogens with two attached hydrogens (primary N) is 1. The smallest absolute Gasteiger partial charge is 0.544 e. The zero-order chi connectivity index (χ0) is 11.2. The van der Waals surface area contributed by atoms with Crippen molar-refractivity contribution in [1.29, 1.82) is 0 Å². The number of nitrogen functional groups attached to an aromatic ring is 1. The van der Waals surface area contributed by atoms with Crippen molar-refractivity contribution in [3.8, 4) is 0 Å². The molecule has 0 unspecified atom stereocenters. The number of carboxylic acids is 1. The van der Waals surface area contributed by atoms with Crippen LogP contribution >= 0.6 is 22.9 Å². The van der Waals surface area contributed by atoms with Gasteiger partial charge in [-0.15, -0.1) is 11.3 Å². The molecule has 3 nitrogen and oxygen atoms in total. The largest absolute Gasteiger partial charge is 1.00 e. The van der Waals surface area contributed by atoms with Crippen molar-refractivity contribution >= 4 is 44.7 Å². The molecule has 16 heavy (non-hydrogen) atoms. The maximum Gasteiger partial charge on any atom is 1.00 e. The number of carbonyl (C=O) groups excluding carboxylic acids is 1. The molecule has 0 bridgehead atoms. The van der Waals surface area contributed by atoms with Gasteiger partial charge in [0.25, 0.3) is 0 Å². The Kier molecular flexibility index (Phi) is 4.26. The molecule has 2 aromatic rings. The van der Waals surface area contributed by atoms with Crippen molar-refractivity contribution in [3.05, 3.63) is 27.6 Å². The van der Waals surface area contributed by atoms with Crippen LogP contribution in [0.15, 0.2) is 12.1 Å². The summed E-state index contributed by atoms with van der Waals surface area (Å²) in [5, 5.41) is 12.1. The van der Waals surface area contributed by atoms with Gasteiger partial charge >= 0.3 is 29.6 Å². The summed E-state index contributed by atoms with van der Waals surface area (Å²) in [7, 11) is 0. The Balaban J connectivity index is 0.00000128. The van der Waals surface area contributed by atoms with E-state index in [1.807, 2.05) is 6.92 Å². The van der Waals surface area contributed by atoms with E-state index in [1.165, 1.54) is 0 Å². The molecule has 0 aliphatic heterocycles. The van der Waals surface area contributed by atoms with Crippen molar-refractivity contribution in [2.45, 2.75) is 6.92 Å². The molecule has 0 saturated carbocycles. The van der Waals surface area contributed by atoms with Crippen molar-refractivity contribution in [2.24, 2.45) is 0 Å². The third kappa shape index (κ3) is 2.21. The molecular formula is C10H7ClNNaO2S. The van der Waals surface area contributed by atoms with Gasteiger partial charge in [0.15, 0.2) is 0 Å². The Bertz CT molecular complexity index is 567. The van der Waals surface area contributed by atoms with Crippen molar-refractivity contribution in [2.75, 3.05) is 5.73 Å². The minimum absolute atomic E-state index is 0. The third-order valence-corrected chi connectivity index (χ3v) is 3.53. The first-order chi connectivity index (χ1) is 7.00. The van der Waals surface area contributed by atoms with Gasteiger partial charge in [0.1, 0.15) is 0 Å². The molecule has 78 valence electrons. The molecule has 0 radical (unpaired) electrons. The predicted molar refractivity (Wildman–Crippen MR) is 60.3 cm³/mol. The van der Waals surface area contributed by atoms with E-state index in [0.717, 1.165) is 27.0 Å².